The number of carbonyl (C=O) groups excluding carboxylic acids is 2. The molecule has 110 valence electrons. The summed E-state index contributed by atoms with van der Waals surface area (Å²) < 4.78 is 0. The number of hydrogen-bond donors (Lipinski definition) is 1. The first-order chi connectivity index (χ1) is 9.54. The lowest BCUT2D eigenvalue weighted by atomic mass is 9.87. The fourth-order valence-corrected chi connectivity index (χ4v) is 3.39. The van der Waals surface area contributed by atoms with Crippen LogP contribution in [0.5, 0.6) is 0 Å². The molecule has 1 aromatic heterocycles. The number of amides is 2. The van der Waals surface area contributed by atoms with Crippen molar-refractivity contribution in [3.63, 3.8) is 0 Å². The maximum Gasteiger partial charge on any atom is 0.248 e. The highest BCUT2D eigenvalue weighted by Gasteiger charge is 2.46. The normalized spacial score (nSPS) is 21.9. The van der Waals surface area contributed by atoms with E-state index in [0.29, 0.717) is 19.4 Å². The van der Waals surface area contributed by atoms with Gasteiger partial charge in [-0.1, -0.05) is 19.9 Å². The van der Waals surface area contributed by atoms with E-state index in [9.17, 15) is 9.59 Å². The van der Waals surface area contributed by atoms with Crippen LogP contribution < -0.4 is 5.32 Å². The third-order valence-electron chi connectivity index (χ3n) is 4.27. The van der Waals surface area contributed by atoms with Crippen LogP contribution in [-0.4, -0.2) is 34.8 Å². The van der Waals surface area contributed by atoms with Crippen molar-refractivity contribution in [2.45, 2.75) is 51.6 Å². The molecule has 0 radical (unpaired) electrons. The fourth-order valence-electron chi connectivity index (χ4n) is 2.70. The molecule has 1 fully saturated rings. The van der Waals surface area contributed by atoms with Crippen LogP contribution in [0.4, 0.5) is 0 Å². The highest BCUT2D eigenvalue weighted by molar-refractivity contribution is 7.09. The molecule has 2 heterocycles. The van der Waals surface area contributed by atoms with Gasteiger partial charge in [0, 0.05) is 11.4 Å². The Kier molecular flexibility index (Phi) is 4.48. The molecule has 1 atom stereocenters. The molecule has 5 heteroatoms. The molecule has 1 aromatic rings. The van der Waals surface area contributed by atoms with Crippen LogP contribution in [0.15, 0.2) is 17.5 Å². The Hall–Kier alpha value is -1.36. The molecule has 0 spiro atoms. The highest BCUT2D eigenvalue weighted by atomic mass is 32.1. The van der Waals surface area contributed by atoms with Crippen LogP contribution >= 0.6 is 11.3 Å². The van der Waals surface area contributed by atoms with E-state index in [0.717, 1.165) is 6.42 Å². The molecule has 4 nitrogen and oxygen atoms in total. The van der Waals surface area contributed by atoms with Gasteiger partial charge in [-0.05, 0) is 37.6 Å². The molecule has 1 saturated heterocycles. The lowest BCUT2D eigenvalue weighted by Crippen LogP contribution is -2.69. The molecule has 20 heavy (non-hydrogen) atoms. The highest BCUT2D eigenvalue weighted by Crippen LogP contribution is 2.25. The van der Waals surface area contributed by atoms with Crippen LogP contribution in [-0.2, 0) is 16.0 Å². The molecule has 1 aliphatic rings. The third-order valence-corrected chi connectivity index (χ3v) is 5.20. The minimum absolute atomic E-state index is 0.0421. The number of rotatable bonds is 5. The number of piperazine rings is 1. The predicted molar refractivity (Wildman–Crippen MR) is 80.7 cm³/mol. The van der Waals surface area contributed by atoms with Crippen LogP contribution in [0.1, 0.15) is 38.5 Å². The van der Waals surface area contributed by atoms with Crippen molar-refractivity contribution >= 4 is 23.2 Å². The molecule has 1 N–H and O–H groups in total. The fraction of sp³-hybridized carbons (Fsp3) is 0.600. The largest absolute Gasteiger partial charge is 0.340 e. The van der Waals surface area contributed by atoms with Gasteiger partial charge in [-0.15, -0.1) is 11.3 Å². The second-order valence-electron chi connectivity index (χ2n) is 5.28. The number of thiophene rings is 1. The Morgan fingerprint density at radius 1 is 1.35 bits per heavy atom. The van der Waals surface area contributed by atoms with Gasteiger partial charge in [0.25, 0.3) is 0 Å². The Morgan fingerprint density at radius 3 is 2.60 bits per heavy atom. The average molecular weight is 294 g/mol. The molecule has 0 saturated carbocycles. The van der Waals surface area contributed by atoms with E-state index in [4.69, 9.17) is 0 Å². The quantitative estimate of drug-likeness (QED) is 0.905. The van der Waals surface area contributed by atoms with Crippen molar-refractivity contribution in [3.8, 4) is 0 Å². The zero-order chi connectivity index (χ0) is 14.8. The predicted octanol–water partition coefficient (Wildman–Crippen LogP) is 2.20. The van der Waals surface area contributed by atoms with Gasteiger partial charge in [-0.3, -0.25) is 9.59 Å². The lowest BCUT2D eigenvalue weighted by molar-refractivity contribution is -0.154. The summed E-state index contributed by atoms with van der Waals surface area (Å²) in [6.45, 7) is 6.32. The van der Waals surface area contributed by atoms with Crippen molar-refractivity contribution < 1.29 is 9.59 Å². The Bertz CT molecular complexity index is 480. The maximum atomic E-state index is 12.7. The SMILES string of the molecule is CCC1(CC)NC(=O)C(C)N(CCc2cccs2)C1=O. The number of nitrogens with one attached hydrogen (secondary N) is 1. The molecule has 0 aliphatic carbocycles. The summed E-state index contributed by atoms with van der Waals surface area (Å²) in [5, 5.41) is 4.96. The lowest BCUT2D eigenvalue weighted by Gasteiger charge is -2.44. The maximum absolute atomic E-state index is 12.7. The number of nitrogens with zero attached hydrogens (tertiary/aromatic N) is 1. The van der Waals surface area contributed by atoms with Gasteiger partial charge in [0.1, 0.15) is 11.6 Å². The summed E-state index contributed by atoms with van der Waals surface area (Å²) in [6.07, 6.45) is 2.08. The molecular formula is C15H22N2O2S. The molecular weight excluding hydrogens is 272 g/mol. The monoisotopic (exact) mass is 294 g/mol. The minimum atomic E-state index is -0.709. The van der Waals surface area contributed by atoms with Crippen molar-refractivity contribution in [2.75, 3.05) is 6.54 Å². The molecule has 0 bridgehead atoms. The van der Waals surface area contributed by atoms with Gasteiger partial charge in [0.05, 0.1) is 0 Å². The molecule has 1 unspecified atom stereocenters. The zero-order valence-corrected chi connectivity index (χ0v) is 13.1. The van der Waals surface area contributed by atoms with E-state index in [1.54, 1.807) is 23.2 Å². The van der Waals surface area contributed by atoms with Gasteiger partial charge in [0.2, 0.25) is 11.8 Å². The van der Waals surface area contributed by atoms with Crippen molar-refractivity contribution in [3.05, 3.63) is 22.4 Å². The Labute approximate surface area is 124 Å². The van der Waals surface area contributed by atoms with Crippen molar-refractivity contribution in [2.24, 2.45) is 0 Å². The molecule has 1 aliphatic heterocycles. The standard InChI is InChI=1S/C15H22N2O2S/c1-4-15(5-2)14(19)17(11(3)13(18)16-15)9-8-12-7-6-10-20-12/h6-7,10-11H,4-5,8-9H2,1-3H3,(H,16,18). The summed E-state index contributed by atoms with van der Waals surface area (Å²) >= 11 is 1.69. The minimum Gasteiger partial charge on any atom is -0.340 e. The van der Waals surface area contributed by atoms with Crippen molar-refractivity contribution in [1.29, 1.82) is 0 Å². The van der Waals surface area contributed by atoms with Gasteiger partial charge in [0.15, 0.2) is 0 Å². The second-order valence-corrected chi connectivity index (χ2v) is 6.31. The van der Waals surface area contributed by atoms with Gasteiger partial charge in [-0.25, -0.2) is 0 Å². The van der Waals surface area contributed by atoms with E-state index in [-0.39, 0.29) is 17.9 Å². The summed E-state index contributed by atoms with van der Waals surface area (Å²) in [5.41, 5.74) is -0.709. The van der Waals surface area contributed by atoms with Crippen LogP contribution in [0.25, 0.3) is 0 Å². The van der Waals surface area contributed by atoms with Gasteiger partial charge < -0.3 is 10.2 Å². The summed E-state index contributed by atoms with van der Waals surface area (Å²) in [7, 11) is 0. The van der Waals surface area contributed by atoms with E-state index >= 15 is 0 Å². The summed E-state index contributed by atoms with van der Waals surface area (Å²) in [5.74, 6) is 0.0191. The van der Waals surface area contributed by atoms with E-state index < -0.39 is 5.54 Å². The van der Waals surface area contributed by atoms with E-state index in [1.807, 2.05) is 25.3 Å². The Morgan fingerprint density at radius 2 is 2.05 bits per heavy atom. The average Bonchev–Trinajstić information content (AvgIpc) is 2.96. The second kappa shape index (κ2) is 5.95. The van der Waals surface area contributed by atoms with Gasteiger partial charge >= 0.3 is 0 Å². The first kappa shape index (κ1) is 15.0. The van der Waals surface area contributed by atoms with Crippen LogP contribution in [0.3, 0.4) is 0 Å². The first-order valence-corrected chi connectivity index (χ1v) is 8.07. The Balaban J connectivity index is 2.15. The summed E-state index contributed by atoms with van der Waals surface area (Å²) in [6, 6.07) is 3.70. The smallest absolute Gasteiger partial charge is 0.248 e. The van der Waals surface area contributed by atoms with Gasteiger partial charge in [-0.2, -0.15) is 0 Å². The van der Waals surface area contributed by atoms with Crippen molar-refractivity contribution in [1.82, 2.24) is 10.2 Å². The molecule has 2 amide bonds. The summed E-state index contributed by atoms with van der Waals surface area (Å²) in [4.78, 5) is 27.9. The zero-order valence-electron chi connectivity index (χ0n) is 12.3. The molecule has 0 aromatic carbocycles. The van der Waals surface area contributed by atoms with E-state index in [1.165, 1.54) is 4.88 Å². The third kappa shape index (κ3) is 2.59. The first-order valence-electron chi connectivity index (χ1n) is 7.19. The number of carbonyl (C=O) groups is 2. The van der Waals surface area contributed by atoms with Crippen LogP contribution in [0, 0.1) is 0 Å². The molecule has 2 rings (SSSR count). The topological polar surface area (TPSA) is 49.4 Å². The number of hydrogen-bond acceptors (Lipinski definition) is 3. The van der Waals surface area contributed by atoms with Crippen LogP contribution in [0.2, 0.25) is 0 Å². The van der Waals surface area contributed by atoms with E-state index in [2.05, 4.69) is 11.4 Å².